The minimum absolute atomic E-state index is 0.0850. The Morgan fingerprint density at radius 2 is 1.97 bits per heavy atom. The Kier molecular flexibility index (Phi) is 6.92. The summed E-state index contributed by atoms with van der Waals surface area (Å²) in [5, 5.41) is 19.2. The van der Waals surface area contributed by atoms with Crippen molar-refractivity contribution in [3.8, 4) is 10.6 Å². The number of anilines is 2. The predicted molar refractivity (Wildman–Crippen MR) is 141 cm³/mol. The number of ether oxygens (including phenoxy) is 1. The van der Waals surface area contributed by atoms with Crippen LogP contribution in [-0.2, 0) is 4.74 Å². The highest BCUT2D eigenvalue weighted by Crippen LogP contribution is 2.45. The molecule has 8 nitrogen and oxygen atoms in total. The van der Waals surface area contributed by atoms with Gasteiger partial charge in [0.05, 0.1) is 33.9 Å². The van der Waals surface area contributed by atoms with Gasteiger partial charge in [-0.1, -0.05) is 12.8 Å². The molecule has 2 fully saturated rings. The Balaban J connectivity index is 1.48. The Morgan fingerprint density at radius 3 is 2.71 bits per heavy atom. The summed E-state index contributed by atoms with van der Waals surface area (Å²) < 4.78 is 6.39. The van der Waals surface area contributed by atoms with Crippen LogP contribution in [0.15, 0.2) is 12.3 Å². The smallest absolute Gasteiger partial charge is 0.225 e. The zero-order valence-corrected chi connectivity index (χ0v) is 21.9. The lowest BCUT2D eigenvalue weighted by Crippen LogP contribution is -2.34. The number of thiazole rings is 1. The number of rotatable bonds is 8. The molecule has 5 rings (SSSR count). The Labute approximate surface area is 211 Å². The van der Waals surface area contributed by atoms with Gasteiger partial charge in [0.25, 0.3) is 0 Å². The van der Waals surface area contributed by atoms with Gasteiger partial charge in [-0.25, -0.2) is 9.97 Å². The molecule has 0 aliphatic heterocycles. The number of aromatic nitrogens is 4. The molecule has 3 heterocycles. The molecule has 0 spiro atoms. The molecule has 0 bridgehead atoms. The van der Waals surface area contributed by atoms with Crippen LogP contribution in [0.1, 0.15) is 63.3 Å². The van der Waals surface area contributed by atoms with E-state index in [4.69, 9.17) is 19.7 Å². The number of pyridine rings is 1. The average molecular weight is 497 g/mol. The van der Waals surface area contributed by atoms with Crippen molar-refractivity contribution in [3.05, 3.63) is 23.7 Å². The highest BCUT2D eigenvalue weighted by molar-refractivity contribution is 7.21. The van der Waals surface area contributed by atoms with Crippen molar-refractivity contribution in [1.82, 2.24) is 19.9 Å². The number of nitrogens with zero attached hydrogens (tertiary/aromatic N) is 4. The van der Waals surface area contributed by atoms with Gasteiger partial charge in [-0.15, -0.1) is 11.3 Å². The number of aliphatic hydroxyl groups is 1. The maximum Gasteiger partial charge on any atom is 0.225 e. The number of fused-ring (bicyclic) bond motifs is 1. The van der Waals surface area contributed by atoms with Crippen LogP contribution in [0.4, 0.5) is 11.8 Å². The first-order valence-electron chi connectivity index (χ1n) is 12.7. The molecule has 9 heteroatoms. The molecule has 0 saturated heterocycles. The van der Waals surface area contributed by atoms with Crippen LogP contribution in [0.3, 0.4) is 0 Å². The summed E-state index contributed by atoms with van der Waals surface area (Å²) in [6.45, 7) is 6.63. The highest BCUT2D eigenvalue weighted by atomic mass is 32.1. The van der Waals surface area contributed by atoms with Crippen LogP contribution in [-0.4, -0.2) is 56.4 Å². The standard InChI is InChI=1S/C26H36N6O2S/c1-15(14-34-4)28-25-29-16(2)21(24-31-22-17(3)27-12-9-20(22)35-24)23(32-25)30-19-8-7-18(13-19)26(33)10-5-6-11-26/h9,12,15,18-19,33H,5-8,10-11,13-14H2,1-4H3,(H2,28,29,30,32). The molecule has 3 unspecified atom stereocenters. The molecule has 0 radical (unpaired) electrons. The van der Waals surface area contributed by atoms with Crippen LogP contribution < -0.4 is 10.6 Å². The number of nitrogens with one attached hydrogen (secondary N) is 2. The summed E-state index contributed by atoms with van der Waals surface area (Å²) in [6, 6.07) is 2.36. The van der Waals surface area contributed by atoms with Gasteiger partial charge in [0, 0.05) is 25.4 Å². The fourth-order valence-electron chi connectivity index (χ4n) is 5.79. The van der Waals surface area contributed by atoms with Crippen molar-refractivity contribution in [1.29, 1.82) is 0 Å². The minimum atomic E-state index is -0.485. The summed E-state index contributed by atoms with van der Waals surface area (Å²) in [5.41, 5.74) is 3.19. The van der Waals surface area contributed by atoms with E-state index in [-0.39, 0.29) is 12.1 Å². The zero-order chi connectivity index (χ0) is 24.6. The summed E-state index contributed by atoms with van der Waals surface area (Å²) in [5.74, 6) is 1.74. The van der Waals surface area contributed by atoms with Crippen molar-refractivity contribution in [2.45, 2.75) is 83.4 Å². The molecular formula is C26H36N6O2S. The van der Waals surface area contributed by atoms with E-state index in [0.29, 0.717) is 18.5 Å². The first-order chi connectivity index (χ1) is 16.9. The van der Waals surface area contributed by atoms with Crippen LogP contribution >= 0.6 is 11.3 Å². The monoisotopic (exact) mass is 496 g/mol. The van der Waals surface area contributed by atoms with Crippen molar-refractivity contribution in [3.63, 3.8) is 0 Å². The van der Waals surface area contributed by atoms with Crippen molar-refractivity contribution >= 4 is 33.3 Å². The number of hydrogen-bond acceptors (Lipinski definition) is 9. The van der Waals surface area contributed by atoms with Crippen LogP contribution in [0.25, 0.3) is 20.8 Å². The molecule has 2 aliphatic rings. The third-order valence-electron chi connectivity index (χ3n) is 7.59. The van der Waals surface area contributed by atoms with Gasteiger partial charge in [-0.05, 0) is 64.9 Å². The van der Waals surface area contributed by atoms with Gasteiger partial charge < -0.3 is 20.5 Å². The average Bonchev–Trinajstić information content (AvgIpc) is 3.54. The van der Waals surface area contributed by atoms with Gasteiger partial charge in [-0.3, -0.25) is 4.98 Å². The molecule has 0 aromatic carbocycles. The molecular weight excluding hydrogens is 460 g/mol. The lowest BCUT2D eigenvalue weighted by atomic mass is 9.84. The molecule has 3 aromatic heterocycles. The largest absolute Gasteiger partial charge is 0.390 e. The number of aryl methyl sites for hydroxylation is 2. The quantitative estimate of drug-likeness (QED) is 0.396. The second-order valence-electron chi connectivity index (χ2n) is 10.3. The van der Waals surface area contributed by atoms with Gasteiger partial charge in [0.2, 0.25) is 5.95 Å². The summed E-state index contributed by atoms with van der Waals surface area (Å²) in [6.07, 6.45) is 9.03. The summed E-state index contributed by atoms with van der Waals surface area (Å²) in [4.78, 5) is 19.1. The predicted octanol–water partition coefficient (Wildman–Crippen LogP) is 5.10. The highest BCUT2D eigenvalue weighted by Gasteiger charge is 2.43. The van der Waals surface area contributed by atoms with Gasteiger partial charge in [-0.2, -0.15) is 4.98 Å². The minimum Gasteiger partial charge on any atom is -0.390 e. The van der Waals surface area contributed by atoms with E-state index in [9.17, 15) is 5.11 Å². The lowest BCUT2D eigenvalue weighted by molar-refractivity contribution is -0.00994. The van der Waals surface area contributed by atoms with Crippen LogP contribution in [0.2, 0.25) is 0 Å². The topological polar surface area (TPSA) is 105 Å². The van der Waals surface area contributed by atoms with Gasteiger partial charge in [0.1, 0.15) is 16.3 Å². The molecule has 0 amide bonds. The summed E-state index contributed by atoms with van der Waals surface area (Å²) in [7, 11) is 1.69. The molecule has 35 heavy (non-hydrogen) atoms. The molecule has 3 N–H and O–H groups in total. The van der Waals surface area contributed by atoms with E-state index in [1.807, 2.05) is 26.1 Å². The molecule has 188 valence electrons. The van der Waals surface area contributed by atoms with E-state index < -0.39 is 5.60 Å². The van der Waals surface area contributed by atoms with Crippen LogP contribution in [0, 0.1) is 19.8 Å². The van der Waals surface area contributed by atoms with Crippen molar-refractivity contribution in [2.75, 3.05) is 24.4 Å². The number of hydrogen-bond donors (Lipinski definition) is 3. The van der Waals surface area contributed by atoms with Gasteiger partial charge >= 0.3 is 0 Å². The van der Waals surface area contributed by atoms with E-state index in [1.54, 1.807) is 18.4 Å². The molecule has 3 atom stereocenters. The maximum atomic E-state index is 11.2. The van der Waals surface area contributed by atoms with Crippen LogP contribution in [0.5, 0.6) is 0 Å². The fraction of sp³-hybridized carbons (Fsp3) is 0.615. The zero-order valence-electron chi connectivity index (χ0n) is 21.1. The normalized spacial score (nSPS) is 22.5. The van der Waals surface area contributed by atoms with Crippen molar-refractivity contribution in [2.24, 2.45) is 5.92 Å². The first kappa shape index (κ1) is 24.3. The Morgan fingerprint density at radius 1 is 1.17 bits per heavy atom. The fourth-order valence-corrected chi connectivity index (χ4v) is 6.90. The Bertz CT molecular complexity index is 1190. The van der Waals surface area contributed by atoms with E-state index >= 15 is 0 Å². The summed E-state index contributed by atoms with van der Waals surface area (Å²) >= 11 is 1.65. The van der Waals surface area contributed by atoms with E-state index in [2.05, 4.69) is 22.5 Å². The van der Waals surface area contributed by atoms with E-state index in [1.165, 1.54) is 0 Å². The Hall–Kier alpha value is -2.36. The second-order valence-corrected chi connectivity index (χ2v) is 11.3. The van der Waals surface area contributed by atoms with Crippen molar-refractivity contribution < 1.29 is 9.84 Å². The van der Waals surface area contributed by atoms with Gasteiger partial charge in [0.15, 0.2) is 0 Å². The van der Waals surface area contributed by atoms with E-state index in [0.717, 1.165) is 82.9 Å². The number of methoxy groups -OCH3 is 1. The molecule has 2 aliphatic carbocycles. The molecule has 3 aromatic rings. The molecule has 2 saturated carbocycles. The second kappa shape index (κ2) is 9.95. The third-order valence-corrected chi connectivity index (χ3v) is 8.63. The third kappa shape index (κ3) is 4.99. The lowest BCUT2D eigenvalue weighted by Gasteiger charge is -2.29. The maximum absolute atomic E-state index is 11.2. The SMILES string of the molecule is COCC(C)Nc1nc(C)c(-c2nc3c(C)nccc3s2)c(NC2CCC(C3(O)CCCC3)C2)n1. The first-order valence-corrected chi connectivity index (χ1v) is 13.5.